The Morgan fingerprint density at radius 3 is 1.44 bits per heavy atom. The van der Waals surface area contributed by atoms with Crippen LogP contribution < -0.4 is 11.5 Å². The maximum atomic E-state index is 12.0. The Morgan fingerprint density at radius 2 is 1.08 bits per heavy atom. The second-order valence-electron chi connectivity index (χ2n) is 9.56. The molecule has 0 bridgehead atoms. The fourth-order valence-electron chi connectivity index (χ4n) is 4.47. The molecule has 0 spiro atoms. The summed E-state index contributed by atoms with van der Waals surface area (Å²) in [5.74, 6) is 0. The Morgan fingerprint density at radius 1 is 0.722 bits per heavy atom. The van der Waals surface area contributed by atoms with Crippen LogP contribution in [0.5, 0.6) is 0 Å². The van der Waals surface area contributed by atoms with Gasteiger partial charge in [-0.1, -0.05) is 60.7 Å². The second kappa shape index (κ2) is 13.8. The van der Waals surface area contributed by atoms with Gasteiger partial charge in [0, 0.05) is 37.3 Å². The monoisotopic (exact) mass is 496 g/mol. The van der Waals surface area contributed by atoms with E-state index < -0.39 is 0 Å². The van der Waals surface area contributed by atoms with Crippen LogP contribution in [0.1, 0.15) is 50.7 Å². The van der Waals surface area contributed by atoms with E-state index in [-0.39, 0.29) is 36.4 Å². The molecule has 0 saturated carbocycles. The molecule has 2 aromatic rings. The third-order valence-electron chi connectivity index (χ3n) is 6.97. The van der Waals surface area contributed by atoms with Crippen molar-refractivity contribution in [3.05, 3.63) is 71.8 Å². The lowest BCUT2D eigenvalue weighted by atomic mass is 9.99. The number of nitrogens with zero attached hydrogens (tertiary/aromatic N) is 2. The molecule has 8 heteroatoms. The Kier molecular flexibility index (Phi) is 10.6. The van der Waals surface area contributed by atoms with E-state index in [4.69, 9.17) is 20.9 Å². The number of rotatable bonds is 4. The molecule has 4 rings (SSSR count). The maximum Gasteiger partial charge on any atom is 0.410 e. The van der Waals surface area contributed by atoms with Gasteiger partial charge in [0.05, 0.1) is 0 Å². The second-order valence-corrected chi connectivity index (χ2v) is 9.56. The van der Waals surface area contributed by atoms with E-state index in [0.717, 1.165) is 49.9 Å². The number of piperidine rings is 2. The zero-order valence-corrected chi connectivity index (χ0v) is 21.4. The van der Waals surface area contributed by atoms with Crippen LogP contribution in [-0.4, -0.2) is 59.2 Å². The Balaban J connectivity index is 0.000000201. The minimum atomic E-state index is -0.262. The van der Waals surface area contributed by atoms with Crippen LogP contribution in [-0.2, 0) is 22.7 Å². The van der Waals surface area contributed by atoms with Crippen molar-refractivity contribution < 1.29 is 19.1 Å². The van der Waals surface area contributed by atoms with Gasteiger partial charge in [-0.3, -0.25) is 0 Å². The van der Waals surface area contributed by atoms with Crippen molar-refractivity contribution >= 4 is 12.2 Å². The third kappa shape index (κ3) is 7.96. The number of ether oxygens (including phenoxy) is 2. The zero-order chi connectivity index (χ0) is 25.9. The number of carbonyl (C=O) groups is 2. The van der Waals surface area contributed by atoms with Gasteiger partial charge in [0.25, 0.3) is 0 Å². The van der Waals surface area contributed by atoms with E-state index in [2.05, 4.69) is 0 Å². The largest absolute Gasteiger partial charge is 0.445 e. The van der Waals surface area contributed by atoms with Crippen molar-refractivity contribution in [1.82, 2.24) is 9.80 Å². The molecule has 2 amide bonds. The first-order valence-corrected chi connectivity index (χ1v) is 12.8. The smallest absolute Gasteiger partial charge is 0.410 e. The lowest BCUT2D eigenvalue weighted by Gasteiger charge is -2.36. The summed E-state index contributed by atoms with van der Waals surface area (Å²) in [4.78, 5) is 27.4. The summed E-state index contributed by atoms with van der Waals surface area (Å²) in [6.45, 7) is 6.07. The molecule has 0 radical (unpaired) electrons. The van der Waals surface area contributed by atoms with E-state index >= 15 is 0 Å². The molecular formula is C28H40N4O4. The molecular weight excluding hydrogens is 456 g/mol. The van der Waals surface area contributed by atoms with Crippen molar-refractivity contribution in [3.8, 4) is 0 Å². The van der Waals surface area contributed by atoms with Gasteiger partial charge in [0.2, 0.25) is 0 Å². The predicted molar refractivity (Wildman–Crippen MR) is 140 cm³/mol. The molecule has 0 unspecified atom stereocenters. The van der Waals surface area contributed by atoms with Crippen molar-refractivity contribution in [1.29, 1.82) is 0 Å². The molecule has 2 aromatic carbocycles. The zero-order valence-electron chi connectivity index (χ0n) is 21.4. The van der Waals surface area contributed by atoms with Crippen molar-refractivity contribution in [3.63, 3.8) is 0 Å². The molecule has 2 aliphatic heterocycles. The van der Waals surface area contributed by atoms with E-state index in [0.29, 0.717) is 13.2 Å². The fourth-order valence-corrected chi connectivity index (χ4v) is 4.47. The first-order valence-electron chi connectivity index (χ1n) is 12.8. The predicted octanol–water partition coefficient (Wildman–Crippen LogP) is 4.27. The highest BCUT2D eigenvalue weighted by molar-refractivity contribution is 5.68. The summed E-state index contributed by atoms with van der Waals surface area (Å²) in [5.41, 5.74) is 13.9. The average molecular weight is 497 g/mol. The van der Waals surface area contributed by atoms with Gasteiger partial charge in [0.1, 0.15) is 13.2 Å². The molecule has 36 heavy (non-hydrogen) atoms. The van der Waals surface area contributed by atoms with Gasteiger partial charge in [-0.2, -0.15) is 0 Å². The number of nitrogens with two attached hydrogens (primary N) is 2. The molecule has 8 nitrogen and oxygen atoms in total. The van der Waals surface area contributed by atoms with Gasteiger partial charge in [0.15, 0.2) is 0 Å². The minimum absolute atomic E-state index is 0.0574. The average Bonchev–Trinajstić information content (AvgIpc) is 2.90. The molecule has 2 fully saturated rings. The van der Waals surface area contributed by atoms with Gasteiger partial charge in [-0.05, 0) is 50.7 Å². The Labute approximate surface area is 214 Å². The van der Waals surface area contributed by atoms with Gasteiger partial charge < -0.3 is 30.7 Å². The SMILES string of the molecule is C[C@@H]1[C@@H](N)CCCN1C(=O)OCc1ccccc1.C[C@H]1[C@H](N)CCCN1C(=O)OCc1ccccc1. The summed E-state index contributed by atoms with van der Waals surface area (Å²) < 4.78 is 10.6. The molecule has 2 aliphatic rings. The number of benzene rings is 2. The molecule has 0 aliphatic carbocycles. The molecule has 2 saturated heterocycles. The third-order valence-corrected chi connectivity index (χ3v) is 6.97. The van der Waals surface area contributed by atoms with Gasteiger partial charge in [-0.15, -0.1) is 0 Å². The molecule has 4 atom stereocenters. The van der Waals surface area contributed by atoms with Crippen LogP contribution in [0.3, 0.4) is 0 Å². The van der Waals surface area contributed by atoms with Crippen LogP contribution in [0.2, 0.25) is 0 Å². The fraction of sp³-hybridized carbons (Fsp3) is 0.500. The van der Waals surface area contributed by atoms with Crippen molar-refractivity contribution in [2.24, 2.45) is 11.5 Å². The summed E-state index contributed by atoms with van der Waals surface area (Å²) in [5, 5.41) is 0. The lowest BCUT2D eigenvalue weighted by molar-refractivity contribution is 0.0661. The standard InChI is InChI=1S/2C14H20N2O2/c2*1-11-13(15)8-5-9-16(11)14(17)18-10-12-6-3-2-4-7-12/h2*2-4,6-7,11,13H,5,8-10,15H2,1H3/t2*11-,13+/m10/s1. The van der Waals surface area contributed by atoms with Crippen LogP contribution in [0.25, 0.3) is 0 Å². The number of carbonyl (C=O) groups excluding carboxylic acids is 2. The van der Waals surface area contributed by atoms with Crippen molar-refractivity contribution in [2.75, 3.05) is 13.1 Å². The number of hydrogen-bond donors (Lipinski definition) is 2. The highest BCUT2D eigenvalue weighted by atomic mass is 16.6. The van der Waals surface area contributed by atoms with Crippen molar-refractivity contribution in [2.45, 2.75) is 76.9 Å². The van der Waals surface area contributed by atoms with Gasteiger partial charge in [-0.25, -0.2) is 9.59 Å². The number of likely N-dealkylation sites (tertiary alicyclic amines) is 2. The first-order chi connectivity index (χ1) is 17.4. The Hall–Kier alpha value is -3.10. The summed E-state index contributed by atoms with van der Waals surface area (Å²) in [7, 11) is 0. The maximum absolute atomic E-state index is 12.0. The topological polar surface area (TPSA) is 111 Å². The van der Waals surface area contributed by atoms with E-state index in [1.54, 1.807) is 9.80 Å². The van der Waals surface area contributed by atoms with Crippen LogP contribution in [0.4, 0.5) is 9.59 Å². The molecule has 196 valence electrons. The molecule has 2 heterocycles. The minimum Gasteiger partial charge on any atom is -0.445 e. The van der Waals surface area contributed by atoms with E-state index in [9.17, 15) is 9.59 Å². The Bertz CT molecular complexity index is 866. The van der Waals surface area contributed by atoms with E-state index in [1.165, 1.54) is 0 Å². The molecule has 4 N–H and O–H groups in total. The van der Waals surface area contributed by atoms with Crippen LogP contribution in [0.15, 0.2) is 60.7 Å². The van der Waals surface area contributed by atoms with Crippen LogP contribution >= 0.6 is 0 Å². The quantitative estimate of drug-likeness (QED) is 0.654. The molecule has 0 aromatic heterocycles. The highest BCUT2D eigenvalue weighted by Gasteiger charge is 2.30. The summed E-state index contributed by atoms with van der Waals surface area (Å²) >= 11 is 0. The number of hydrogen-bond acceptors (Lipinski definition) is 6. The van der Waals surface area contributed by atoms with Gasteiger partial charge >= 0.3 is 12.2 Å². The van der Waals surface area contributed by atoms with E-state index in [1.807, 2.05) is 74.5 Å². The highest BCUT2D eigenvalue weighted by Crippen LogP contribution is 2.18. The summed E-state index contributed by atoms with van der Waals surface area (Å²) in [6.07, 6.45) is 3.33. The van der Waals surface area contributed by atoms with Crippen LogP contribution in [0, 0.1) is 0 Å². The summed E-state index contributed by atoms with van der Waals surface area (Å²) in [6, 6.07) is 19.6. The first kappa shape index (κ1) is 27.5. The lowest BCUT2D eigenvalue weighted by Crippen LogP contribution is -2.52. The normalized spacial score (nSPS) is 23.8. The number of amides is 2.